The summed E-state index contributed by atoms with van der Waals surface area (Å²) in [5.74, 6) is 0.781. The zero-order chi connectivity index (χ0) is 16.1. The van der Waals surface area contributed by atoms with Crippen LogP contribution in [0.1, 0.15) is 25.0 Å². The van der Waals surface area contributed by atoms with Crippen LogP contribution in [0.15, 0.2) is 24.3 Å². The largest absolute Gasteiger partial charge is 0.491 e. The number of nitrogens with zero attached hydrogens (tertiary/aromatic N) is 1. The van der Waals surface area contributed by atoms with Gasteiger partial charge in [-0.25, -0.2) is 0 Å². The molecule has 0 saturated heterocycles. The Morgan fingerprint density at radius 3 is 2.91 bits per heavy atom. The van der Waals surface area contributed by atoms with Crippen molar-refractivity contribution in [3.05, 3.63) is 35.4 Å². The molecule has 0 radical (unpaired) electrons. The lowest BCUT2D eigenvalue weighted by atomic mass is 10.1. The van der Waals surface area contributed by atoms with Crippen molar-refractivity contribution < 1.29 is 14.6 Å². The molecular formula is C17H22BrNO3. The minimum Gasteiger partial charge on any atom is -0.491 e. The van der Waals surface area contributed by atoms with Gasteiger partial charge in [-0.15, -0.1) is 0 Å². The van der Waals surface area contributed by atoms with E-state index in [-0.39, 0.29) is 30.4 Å². The summed E-state index contributed by atoms with van der Waals surface area (Å²) >= 11 is 3.17. The summed E-state index contributed by atoms with van der Waals surface area (Å²) in [6, 6.07) is 5.97. The monoisotopic (exact) mass is 367 g/mol. The number of fused-ring (bicyclic) bond motifs is 1. The number of carbonyl (C=O) groups is 1. The quantitative estimate of drug-likeness (QED) is 0.753. The van der Waals surface area contributed by atoms with Crippen LogP contribution in [0.25, 0.3) is 6.08 Å². The van der Waals surface area contributed by atoms with E-state index in [0.29, 0.717) is 0 Å². The molecule has 0 aliphatic heterocycles. The fourth-order valence-electron chi connectivity index (χ4n) is 2.54. The van der Waals surface area contributed by atoms with E-state index >= 15 is 0 Å². The van der Waals surface area contributed by atoms with Crippen molar-refractivity contribution in [2.24, 2.45) is 0 Å². The zero-order valence-corrected chi connectivity index (χ0v) is 14.5. The Labute approximate surface area is 139 Å². The highest BCUT2D eigenvalue weighted by Gasteiger charge is 2.20. The van der Waals surface area contributed by atoms with Crippen LogP contribution in [-0.4, -0.2) is 46.5 Å². The predicted octanol–water partition coefficient (Wildman–Crippen LogP) is 2.63. The standard InChI is InChI=1S/C17H22BrNO3/c1-12(2)19(17(21)9-18)10-14(20)11-22-16-8-4-6-13-5-3-7-15(13)16/h3-6,8,12,14,20H,7,9-11H2,1-2H3. The molecule has 1 amide bonds. The van der Waals surface area contributed by atoms with E-state index in [9.17, 15) is 9.90 Å². The zero-order valence-electron chi connectivity index (χ0n) is 13.0. The van der Waals surface area contributed by atoms with Gasteiger partial charge in [0.2, 0.25) is 5.91 Å². The van der Waals surface area contributed by atoms with Crippen molar-refractivity contribution in [1.29, 1.82) is 0 Å². The fourth-order valence-corrected chi connectivity index (χ4v) is 2.86. The summed E-state index contributed by atoms with van der Waals surface area (Å²) in [6.07, 6.45) is 4.33. The molecule has 120 valence electrons. The maximum absolute atomic E-state index is 11.8. The average Bonchev–Trinajstić information content (AvgIpc) is 2.98. The molecule has 0 aromatic heterocycles. The Balaban J connectivity index is 1.92. The third-order valence-electron chi connectivity index (χ3n) is 3.69. The summed E-state index contributed by atoms with van der Waals surface area (Å²) in [4.78, 5) is 13.5. The van der Waals surface area contributed by atoms with Gasteiger partial charge in [-0.3, -0.25) is 4.79 Å². The van der Waals surface area contributed by atoms with Crippen LogP contribution in [0, 0.1) is 0 Å². The number of benzene rings is 1. The predicted molar refractivity (Wildman–Crippen MR) is 91.3 cm³/mol. The van der Waals surface area contributed by atoms with Gasteiger partial charge < -0.3 is 14.7 Å². The highest BCUT2D eigenvalue weighted by Crippen LogP contribution is 2.28. The van der Waals surface area contributed by atoms with Crippen LogP contribution in [0.3, 0.4) is 0 Å². The van der Waals surface area contributed by atoms with E-state index in [1.807, 2.05) is 26.0 Å². The first-order valence-corrected chi connectivity index (χ1v) is 8.59. The van der Waals surface area contributed by atoms with Crippen molar-refractivity contribution in [2.45, 2.75) is 32.4 Å². The number of halogens is 1. The van der Waals surface area contributed by atoms with Gasteiger partial charge in [-0.1, -0.05) is 40.2 Å². The molecule has 5 heteroatoms. The molecule has 1 aliphatic rings. The maximum atomic E-state index is 11.8. The Morgan fingerprint density at radius 2 is 2.23 bits per heavy atom. The lowest BCUT2D eigenvalue weighted by Crippen LogP contribution is -2.44. The Hall–Kier alpha value is -1.33. The van der Waals surface area contributed by atoms with E-state index in [1.165, 1.54) is 5.56 Å². The van der Waals surface area contributed by atoms with Gasteiger partial charge in [0.15, 0.2) is 0 Å². The number of alkyl halides is 1. The second kappa shape index (κ2) is 7.79. The summed E-state index contributed by atoms with van der Waals surface area (Å²) in [7, 11) is 0. The van der Waals surface area contributed by atoms with Crippen LogP contribution in [-0.2, 0) is 11.2 Å². The normalized spacial score (nSPS) is 14.0. The van der Waals surface area contributed by atoms with Crippen molar-refractivity contribution in [3.63, 3.8) is 0 Å². The van der Waals surface area contributed by atoms with E-state index < -0.39 is 6.10 Å². The number of amides is 1. The Morgan fingerprint density at radius 1 is 1.45 bits per heavy atom. The third-order valence-corrected chi connectivity index (χ3v) is 4.17. The average molecular weight is 368 g/mol. The Kier molecular flexibility index (Phi) is 6.03. The molecular weight excluding hydrogens is 346 g/mol. The first-order chi connectivity index (χ1) is 10.5. The van der Waals surface area contributed by atoms with Crippen LogP contribution < -0.4 is 4.74 Å². The second-order valence-corrected chi connectivity index (χ2v) is 6.23. The molecule has 0 heterocycles. The van der Waals surface area contributed by atoms with Crippen LogP contribution in [0.4, 0.5) is 0 Å². The van der Waals surface area contributed by atoms with E-state index in [4.69, 9.17) is 4.74 Å². The topological polar surface area (TPSA) is 49.8 Å². The first-order valence-electron chi connectivity index (χ1n) is 7.47. The minimum atomic E-state index is -0.712. The van der Waals surface area contributed by atoms with E-state index in [2.05, 4.69) is 34.1 Å². The number of hydrogen-bond acceptors (Lipinski definition) is 3. The molecule has 0 fully saturated rings. The smallest absolute Gasteiger partial charge is 0.233 e. The molecule has 1 aromatic carbocycles. The number of hydrogen-bond donors (Lipinski definition) is 1. The lowest BCUT2D eigenvalue weighted by Gasteiger charge is -2.28. The molecule has 0 spiro atoms. The van der Waals surface area contributed by atoms with E-state index in [1.54, 1.807) is 4.90 Å². The highest BCUT2D eigenvalue weighted by atomic mass is 79.9. The maximum Gasteiger partial charge on any atom is 0.233 e. The fraction of sp³-hybridized carbons (Fsp3) is 0.471. The number of ether oxygens (including phenoxy) is 1. The van der Waals surface area contributed by atoms with Gasteiger partial charge in [0.25, 0.3) is 0 Å². The molecule has 1 atom stereocenters. The summed E-state index contributed by atoms with van der Waals surface area (Å²) in [5.41, 5.74) is 2.33. The van der Waals surface area contributed by atoms with Gasteiger partial charge in [0.05, 0.1) is 11.9 Å². The molecule has 0 bridgehead atoms. The molecule has 2 rings (SSSR count). The SMILES string of the molecule is CC(C)N(CC(O)COc1cccc2c1CC=C2)C(=O)CBr. The molecule has 1 aliphatic carbocycles. The second-order valence-electron chi connectivity index (χ2n) is 5.67. The third kappa shape index (κ3) is 4.11. The number of aliphatic hydroxyl groups excluding tert-OH is 1. The number of allylic oxidation sites excluding steroid dienone is 1. The highest BCUT2D eigenvalue weighted by molar-refractivity contribution is 9.09. The van der Waals surface area contributed by atoms with Gasteiger partial charge in [-0.2, -0.15) is 0 Å². The van der Waals surface area contributed by atoms with Crippen molar-refractivity contribution in [2.75, 3.05) is 18.5 Å². The van der Waals surface area contributed by atoms with Gasteiger partial charge >= 0.3 is 0 Å². The summed E-state index contributed by atoms with van der Waals surface area (Å²) in [6.45, 7) is 4.32. The van der Waals surface area contributed by atoms with Gasteiger partial charge in [0, 0.05) is 11.6 Å². The van der Waals surface area contributed by atoms with Gasteiger partial charge in [-0.05, 0) is 31.9 Å². The molecule has 22 heavy (non-hydrogen) atoms. The van der Waals surface area contributed by atoms with Crippen molar-refractivity contribution in [1.82, 2.24) is 4.90 Å². The molecule has 1 unspecified atom stereocenters. The minimum absolute atomic E-state index is 0.0288. The summed E-state index contributed by atoms with van der Waals surface area (Å²) < 4.78 is 5.76. The molecule has 4 nitrogen and oxygen atoms in total. The summed E-state index contributed by atoms with van der Waals surface area (Å²) in [5, 5.41) is 10.4. The number of carbonyl (C=O) groups excluding carboxylic acids is 1. The number of rotatable bonds is 7. The van der Waals surface area contributed by atoms with Crippen molar-refractivity contribution in [3.8, 4) is 5.75 Å². The van der Waals surface area contributed by atoms with Crippen LogP contribution >= 0.6 is 15.9 Å². The number of aliphatic hydroxyl groups is 1. The molecule has 1 N–H and O–H groups in total. The molecule has 1 aromatic rings. The Bertz CT molecular complexity index is 557. The first kappa shape index (κ1) is 17.0. The van der Waals surface area contributed by atoms with E-state index in [0.717, 1.165) is 17.7 Å². The van der Waals surface area contributed by atoms with Crippen LogP contribution in [0.5, 0.6) is 5.75 Å². The van der Waals surface area contributed by atoms with Crippen LogP contribution in [0.2, 0.25) is 0 Å². The molecule has 0 saturated carbocycles. The van der Waals surface area contributed by atoms with Crippen molar-refractivity contribution >= 4 is 27.9 Å². The lowest BCUT2D eigenvalue weighted by molar-refractivity contribution is -0.131. The van der Waals surface area contributed by atoms with Gasteiger partial charge in [0.1, 0.15) is 18.5 Å².